The van der Waals surface area contributed by atoms with Crippen molar-refractivity contribution in [2.45, 2.75) is 72.3 Å². The number of nitrogens with zero attached hydrogens (tertiary/aromatic N) is 4. The Morgan fingerprint density at radius 3 is 2.92 bits per heavy atom. The molecule has 0 N–H and O–H groups in total. The zero-order valence-electron chi connectivity index (χ0n) is 15.6. The van der Waals surface area contributed by atoms with Crippen molar-refractivity contribution in [2.75, 3.05) is 0 Å². The van der Waals surface area contributed by atoms with Crippen molar-refractivity contribution in [2.24, 2.45) is 10.9 Å². The van der Waals surface area contributed by atoms with E-state index in [1.807, 2.05) is 0 Å². The third-order valence-electron chi connectivity index (χ3n) is 4.60. The molecule has 1 heterocycles. The summed E-state index contributed by atoms with van der Waals surface area (Å²) in [6.07, 6.45) is 9.88. The number of allylic oxidation sites excluding steroid dienone is 2. The molecule has 1 atom stereocenters. The van der Waals surface area contributed by atoms with Crippen molar-refractivity contribution in [1.82, 2.24) is 9.78 Å². The quantitative estimate of drug-likeness (QED) is 0.531. The maximum atomic E-state index is 12.4. The molecule has 5 nitrogen and oxygen atoms in total. The van der Waals surface area contributed by atoms with Crippen LogP contribution < -0.4 is 0 Å². The highest BCUT2D eigenvalue weighted by Crippen LogP contribution is 2.27. The summed E-state index contributed by atoms with van der Waals surface area (Å²) in [7, 11) is 0. The van der Waals surface area contributed by atoms with E-state index in [0.29, 0.717) is 17.8 Å². The Bertz CT molecular complexity index is 702. The van der Waals surface area contributed by atoms with Gasteiger partial charge < -0.3 is 0 Å². The molecule has 25 heavy (non-hydrogen) atoms. The average molecular weight is 340 g/mol. The summed E-state index contributed by atoms with van der Waals surface area (Å²) in [5, 5.41) is 13.6. The van der Waals surface area contributed by atoms with Gasteiger partial charge in [0.15, 0.2) is 5.82 Å². The first-order chi connectivity index (χ1) is 12.0. The molecular formula is C20H28N4O. The van der Waals surface area contributed by atoms with Gasteiger partial charge in [-0.3, -0.25) is 4.79 Å². The normalized spacial score (nSPS) is 19.0. The lowest BCUT2D eigenvalue weighted by Gasteiger charge is -2.21. The van der Waals surface area contributed by atoms with Crippen molar-refractivity contribution in [3.63, 3.8) is 0 Å². The number of unbranched alkanes of at least 4 members (excludes halogenated alkanes) is 2. The summed E-state index contributed by atoms with van der Waals surface area (Å²) in [4.78, 5) is 17.1. The van der Waals surface area contributed by atoms with Gasteiger partial charge in [-0.05, 0) is 39.5 Å². The van der Waals surface area contributed by atoms with Gasteiger partial charge in [-0.2, -0.15) is 10.4 Å². The Morgan fingerprint density at radius 2 is 2.28 bits per heavy atom. The van der Waals surface area contributed by atoms with Crippen molar-refractivity contribution < 1.29 is 4.79 Å². The van der Waals surface area contributed by atoms with Gasteiger partial charge in [0, 0.05) is 24.6 Å². The molecule has 0 saturated heterocycles. The topological polar surface area (TPSA) is 71.0 Å². The number of aliphatic imine (C=N–C) groups is 1. The molecule has 134 valence electrons. The maximum absolute atomic E-state index is 12.4. The van der Waals surface area contributed by atoms with E-state index in [1.165, 1.54) is 5.57 Å². The molecular weight excluding hydrogens is 312 g/mol. The van der Waals surface area contributed by atoms with Crippen LogP contribution in [0.4, 0.5) is 5.82 Å². The number of aromatic nitrogens is 2. The smallest absolute Gasteiger partial charge is 0.168 e. The van der Waals surface area contributed by atoms with Crippen LogP contribution in [0.3, 0.4) is 0 Å². The highest BCUT2D eigenvalue weighted by Gasteiger charge is 2.25. The first-order valence-electron chi connectivity index (χ1n) is 9.23. The molecule has 0 amide bonds. The number of nitriles is 1. The third kappa shape index (κ3) is 5.38. The molecule has 1 fully saturated rings. The first kappa shape index (κ1) is 19.1. The molecule has 2 rings (SSSR count). The molecule has 0 aliphatic heterocycles. The van der Waals surface area contributed by atoms with Gasteiger partial charge in [0.1, 0.15) is 17.4 Å². The van der Waals surface area contributed by atoms with Crippen LogP contribution >= 0.6 is 0 Å². The van der Waals surface area contributed by atoms with E-state index in [-0.39, 0.29) is 11.7 Å². The molecule has 1 aliphatic carbocycles. The van der Waals surface area contributed by atoms with Gasteiger partial charge in [0.25, 0.3) is 0 Å². The minimum absolute atomic E-state index is 0.110. The second-order valence-electron chi connectivity index (χ2n) is 7.00. The molecule has 1 aliphatic rings. The number of hydrogen-bond donors (Lipinski definition) is 0. The Hall–Kier alpha value is -2.22. The zero-order chi connectivity index (χ0) is 18.2. The number of carbonyl (C=O) groups is 1. The Morgan fingerprint density at radius 1 is 1.48 bits per heavy atom. The molecule has 0 aromatic carbocycles. The van der Waals surface area contributed by atoms with E-state index >= 15 is 0 Å². The maximum Gasteiger partial charge on any atom is 0.168 e. The fourth-order valence-electron chi connectivity index (χ4n) is 3.06. The second kappa shape index (κ2) is 9.31. The largest absolute Gasteiger partial charge is 0.299 e. The standard InChI is InChI=1S/C20H28N4O/c1-4-5-6-11-24-20(17(13-21)14-22-24)23-18-10-9-16(19(25)12-18)8-7-15(2)3/h7,14,16H,4-6,8-12H2,1-3H3. The van der Waals surface area contributed by atoms with Crippen molar-refractivity contribution in [3.8, 4) is 6.07 Å². The number of aryl methyl sites for hydroxylation is 1. The third-order valence-corrected chi connectivity index (χ3v) is 4.60. The lowest BCUT2D eigenvalue weighted by Crippen LogP contribution is -2.24. The van der Waals surface area contributed by atoms with E-state index < -0.39 is 0 Å². The molecule has 0 bridgehead atoms. The monoisotopic (exact) mass is 340 g/mol. The van der Waals surface area contributed by atoms with Gasteiger partial charge in [0.2, 0.25) is 0 Å². The summed E-state index contributed by atoms with van der Waals surface area (Å²) >= 11 is 0. The van der Waals surface area contributed by atoms with E-state index in [4.69, 9.17) is 0 Å². The van der Waals surface area contributed by atoms with Crippen LogP contribution in [-0.4, -0.2) is 21.3 Å². The van der Waals surface area contributed by atoms with E-state index in [0.717, 1.165) is 50.8 Å². The van der Waals surface area contributed by atoms with E-state index in [2.05, 4.69) is 43.0 Å². The number of rotatable bonds is 7. The highest BCUT2D eigenvalue weighted by molar-refractivity contribution is 6.05. The first-order valence-corrected chi connectivity index (χ1v) is 9.23. The van der Waals surface area contributed by atoms with Gasteiger partial charge in [0.05, 0.1) is 6.20 Å². The van der Waals surface area contributed by atoms with E-state index in [1.54, 1.807) is 10.9 Å². The number of ketones is 1. The highest BCUT2D eigenvalue weighted by atomic mass is 16.1. The van der Waals surface area contributed by atoms with Crippen LogP contribution in [0.15, 0.2) is 22.8 Å². The van der Waals surface area contributed by atoms with Gasteiger partial charge in [-0.15, -0.1) is 0 Å². The Balaban J connectivity index is 2.10. The number of carbonyl (C=O) groups excluding carboxylic acids is 1. The summed E-state index contributed by atoms with van der Waals surface area (Å²) < 4.78 is 1.81. The van der Waals surface area contributed by atoms with Crippen LogP contribution in [0.5, 0.6) is 0 Å². The summed E-state index contributed by atoms with van der Waals surface area (Å²) in [6, 6.07) is 2.17. The lowest BCUT2D eigenvalue weighted by molar-refractivity contribution is -0.122. The molecule has 5 heteroatoms. The molecule has 1 unspecified atom stereocenters. The zero-order valence-corrected chi connectivity index (χ0v) is 15.6. The van der Waals surface area contributed by atoms with Crippen molar-refractivity contribution >= 4 is 17.3 Å². The number of Topliss-reactive ketones (excluding diaryl/α,β-unsaturated/α-hetero) is 1. The number of hydrogen-bond acceptors (Lipinski definition) is 4. The van der Waals surface area contributed by atoms with Crippen LogP contribution in [0, 0.1) is 17.2 Å². The summed E-state index contributed by atoms with van der Waals surface area (Å²) in [6.45, 7) is 7.04. The Kier molecular flexibility index (Phi) is 7.12. The van der Waals surface area contributed by atoms with E-state index in [9.17, 15) is 10.1 Å². The fraction of sp³-hybridized carbons (Fsp3) is 0.600. The predicted octanol–water partition coefficient (Wildman–Crippen LogP) is 4.74. The molecule has 1 aromatic rings. The summed E-state index contributed by atoms with van der Waals surface area (Å²) in [5.41, 5.74) is 2.62. The van der Waals surface area contributed by atoms with Crippen LogP contribution in [0.2, 0.25) is 0 Å². The minimum atomic E-state index is 0.110. The van der Waals surface area contributed by atoms with Crippen molar-refractivity contribution in [1.29, 1.82) is 5.26 Å². The Labute approximate surface area is 150 Å². The van der Waals surface area contributed by atoms with Gasteiger partial charge in [-0.1, -0.05) is 31.4 Å². The predicted molar refractivity (Wildman–Crippen MR) is 100.0 cm³/mol. The summed E-state index contributed by atoms with van der Waals surface area (Å²) in [5.74, 6) is 0.987. The van der Waals surface area contributed by atoms with Crippen LogP contribution in [0.25, 0.3) is 0 Å². The lowest BCUT2D eigenvalue weighted by atomic mass is 9.84. The minimum Gasteiger partial charge on any atom is -0.299 e. The average Bonchev–Trinajstić information content (AvgIpc) is 2.96. The second-order valence-corrected chi connectivity index (χ2v) is 7.00. The van der Waals surface area contributed by atoms with Gasteiger partial charge in [-0.25, -0.2) is 9.67 Å². The fourth-order valence-corrected chi connectivity index (χ4v) is 3.06. The molecule has 0 spiro atoms. The SMILES string of the molecule is CCCCCn1ncc(C#N)c1N=C1CCC(CC=C(C)C)C(=O)C1. The molecule has 1 aromatic heterocycles. The van der Waals surface area contributed by atoms with Crippen LogP contribution in [-0.2, 0) is 11.3 Å². The van der Waals surface area contributed by atoms with Gasteiger partial charge >= 0.3 is 0 Å². The van der Waals surface area contributed by atoms with Crippen LogP contribution in [0.1, 0.15) is 71.3 Å². The van der Waals surface area contributed by atoms with Crippen molar-refractivity contribution in [3.05, 3.63) is 23.4 Å². The molecule has 1 saturated carbocycles. The molecule has 0 radical (unpaired) electrons.